The lowest BCUT2D eigenvalue weighted by molar-refractivity contribution is -0.115. The van der Waals surface area contributed by atoms with Crippen molar-refractivity contribution in [2.24, 2.45) is 0 Å². The first-order valence-electron chi connectivity index (χ1n) is 6.45. The second-order valence-corrected chi connectivity index (χ2v) is 4.51. The predicted octanol–water partition coefficient (Wildman–Crippen LogP) is 2.37. The summed E-state index contributed by atoms with van der Waals surface area (Å²) in [4.78, 5) is 23.2. The Bertz CT molecular complexity index is 636. The first kappa shape index (κ1) is 14.7. The van der Waals surface area contributed by atoms with Crippen LogP contribution in [0.2, 0.25) is 0 Å². The van der Waals surface area contributed by atoms with Crippen LogP contribution in [0.3, 0.4) is 0 Å². The van der Waals surface area contributed by atoms with Crippen molar-refractivity contribution in [2.75, 3.05) is 12.4 Å². The Kier molecular flexibility index (Phi) is 4.66. The van der Waals surface area contributed by atoms with Gasteiger partial charge in [0.2, 0.25) is 5.91 Å². The summed E-state index contributed by atoms with van der Waals surface area (Å²) in [5, 5.41) is 5.25. The summed E-state index contributed by atoms with van der Waals surface area (Å²) in [5.74, 6) is -0.711. The number of benzene rings is 2. The number of hydrogen-bond acceptors (Lipinski definition) is 2. The summed E-state index contributed by atoms with van der Waals surface area (Å²) in [5.41, 5.74) is 1.86. The number of rotatable bonds is 4. The molecule has 0 bridgehead atoms. The van der Waals surface area contributed by atoms with E-state index in [-0.39, 0.29) is 24.1 Å². The van der Waals surface area contributed by atoms with Crippen molar-refractivity contribution in [3.05, 3.63) is 65.5 Å². The number of carbonyl (C=O) groups is 2. The topological polar surface area (TPSA) is 58.2 Å². The Labute approximate surface area is 122 Å². The van der Waals surface area contributed by atoms with Gasteiger partial charge in [0, 0.05) is 18.3 Å². The molecule has 0 unspecified atom stereocenters. The Morgan fingerprint density at radius 2 is 1.62 bits per heavy atom. The Balaban J connectivity index is 1.96. The zero-order chi connectivity index (χ0) is 15.2. The number of amides is 2. The van der Waals surface area contributed by atoms with Crippen LogP contribution in [-0.4, -0.2) is 18.9 Å². The lowest BCUT2D eigenvalue weighted by Crippen LogP contribution is -2.18. The molecule has 0 heterocycles. The third-order valence-electron chi connectivity index (χ3n) is 2.94. The first-order valence-corrected chi connectivity index (χ1v) is 6.45. The smallest absolute Gasteiger partial charge is 0.251 e. The fourth-order valence-corrected chi connectivity index (χ4v) is 1.84. The fourth-order valence-electron chi connectivity index (χ4n) is 1.84. The molecule has 0 aliphatic carbocycles. The molecule has 0 saturated heterocycles. The highest BCUT2D eigenvalue weighted by atomic mass is 19.1. The van der Waals surface area contributed by atoms with Crippen LogP contribution in [-0.2, 0) is 11.2 Å². The van der Waals surface area contributed by atoms with Crippen molar-refractivity contribution in [2.45, 2.75) is 6.42 Å². The number of anilines is 1. The molecule has 0 aliphatic heterocycles. The zero-order valence-corrected chi connectivity index (χ0v) is 11.5. The van der Waals surface area contributed by atoms with Crippen molar-refractivity contribution in [1.29, 1.82) is 0 Å². The molecule has 2 N–H and O–H groups in total. The summed E-state index contributed by atoms with van der Waals surface area (Å²) in [6.45, 7) is 0. The maximum atomic E-state index is 12.8. The molecule has 0 aliphatic rings. The van der Waals surface area contributed by atoms with Crippen LogP contribution in [0.15, 0.2) is 48.5 Å². The van der Waals surface area contributed by atoms with Gasteiger partial charge in [-0.25, -0.2) is 4.39 Å². The minimum atomic E-state index is -0.330. The highest BCUT2D eigenvalue weighted by molar-refractivity contribution is 5.96. The van der Waals surface area contributed by atoms with Gasteiger partial charge in [-0.05, 0) is 42.0 Å². The van der Waals surface area contributed by atoms with E-state index in [0.29, 0.717) is 11.3 Å². The molecular weight excluding hydrogens is 271 g/mol. The number of halogens is 1. The Morgan fingerprint density at radius 3 is 2.19 bits per heavy atom. The molecule has 5 heteroatoms. The van der Waals surface area contributed by atoms with E-state index in [4.69, 9.17) is 0 Å². The number of hydrogen-bond donors (Lipinski definition) is 2. The summed E-state index contributed by atoms with van der Waals surface area (Å²) in [6, 6.07) is 12.4. The highest BCUT2D eigenvalue weighted by Gasteiger charge is 2.06. The molecule has 4 nitrogen and oxygen atoms in total. The van der Waals surface area contributed by atoms with E-state index in [1.54, 1.807) is 43.4 Å². The lowest BCUT2D eigenvalue weighted by atomic mass is 10.1. The number of carbonyl (C=O) groups excluding carboxylic acids is 2. The van der Waals surface area contributed by atoms with Gasteiger partial charge in [0.1, 0.15) is 5.82 Å². The van der Waals surface area contributed by atoms with Gasteiger partial charge in [-0.1, -0.05) is 12.1 Å². The molecule has 0 aromatic heterocycles. The monoisotopic (exact) mass is 286 g/mol. The summed E-state index contributed by atoms with van der Waals surface area (Å²) < 4.78 is 12.8. The van der Waals surface area contributed by atoms with Crippen LogP contribution in [0.25, 0.3) is 0 Å². The van der Waals surface area contributed by atoms with Crippen LogP contribution < -0.4 is 10.6 Å². The molecule has 21 heavy (non-hydrogen) atoms. The van der Waals surface area contributed by atoms with E-state index in [1.807, 2.05) is 0 Å². The van der Waals surface area contributed by atoms with Crippen molar-refractivity contribution in [1.82, 2.24) is 5.32 Å². The van der Waals surface area contributed by atoms with Gasteiger partial charge in [-0.3, -0.25) is 9.59 Å². The molecule has 0 saturated carbocycles. The van der Waals surface area contributed by atoms with Crippen molar-refractivity contribution in [3.8, 4) is 0 Å². The Hall–Kier alpha value is -2.69. The second kappa shape index (κ2) is 6.65. The van der Waals surface area contributed by atoms with Crippen LogP contribution in [0, 0.1) is 5.82 Å². The van der Waals surface area contributed by atoms with Gasteiger partial charge in [-0.15, -0.1) is 0 Å². The quantitative estimate of drug-likeness (QED) is 0.906. The minimum absolute atomic E-state index is 0.164. The maximum Gasteiger partial charge on any atom is 0.251 e. The van der Waals surface area contributed by atoms with Crippen molar-refractivity contribution in [3.63, 3.8) is 0 Å². The highest BCUT2D eigenvalue weighted by Crippen LogP contribution is 2.11. The van der Waals surface area contributed by atoms with Gasteiger partial charge >= 0.3 is 0 Å². The standard InChI is InChI=1S/C16H15FN2O2/c1-18-16(21)12-4-8-14(9-5-12)19-15(20)10-11-2-6-13(17)7-3-11/h2-9H,10H2,1H3,(H,18,21)(H,19,20). The predicted molar refractivity (Wildman–Crippen MR) is 78.6 cm³/mol. The molecule has 0 spiro atoms. The molecule has 0 atom stereocenters. The summed E-state index contributed by atoms with van der Waals surface area (Å²) in [6.07, 6.45) is 0.164. The summed E-state index contributed by atoms with van der Waals surface area (Å²) in [7, 11) is 1.56. The molecular formula is C16H15FN2O2. The number of nitrogens with one attached hydrogen (secondary N) is 2. The van der Waals surface area contributed by atoms with Gasteiger partial charge in [0.15, 0.2) is 0 Å². The lowest BCUT2D eigenvalue weighted by Gasteiger charge is -2.06. The van der Waals surface area contributed by atoms with Gasteiger partial charge in [0.25, 0.3) is 5.91 Å². The summed E-state index contributed by atoms with van der Waals surface area (Å²) >= 11 is 0. The van der Waals surface area contributed by atoms with E-state index < -0.39 is 0 Å². The molecule has 2 aromatic carbocycles. The molecule has 0 radical (unpaired) electrons. The van der Waals surface area contributed by atoms with E-state index in [2.05, 4.69) is 10.6 Å². The van der Waals surface area contributed by atoms with Crippen LogP contribution in [0.1, 0.15) is 15.9 Å². The fraction of sp³-hybridized carbons (Fsp3) is 0.125. The van der Waals surface area contributed by atoms with Crippen LogP contribution in [0.5, 0.6) is 0 Å². The van der Waals surface area contributed by atoms with Crippen molar-refractivity contribution < 1.29 is 14.0 Å². The zero-order valence-electron chi connectivity index (χ0n) is 11.5. The first-order chi connectivity index (χ1) is 10.1. The van der Waals surface area contributed by atoms with Gasteiger partial charge in [0.05, 0.1) is 6.42 Å². The SMILES string of the molecule is CNC(=O)c1ccc(NC(=O)Cc2ccc(F)cc2)cc1. The second-order valence-electron chi connectivity index (χ2n) is 4.51. The molecule has 2 aromatic rings. The molecule has 2 amide bonds. The van der Waals surface area contributed by atoms with Crippen molar-refractivity contribution >= 4 is 17.5 Å². The van der Waals surface area contributed by atoms with E-state index >= 15 is 0 Å². The van der Waals surface area contributed by atoms with Crippen LogP contribution >= 0.6 is 0 Å². The van der Waals surface area contributed by atoms with E-state index in [0.717, 1.165) is 5.56 Å². The molecule has 108 valence electrons. The normalized spacial score (nSPS) is 10.0. The Morgan fingerprint density at radius 1 is 1.00 bits per heavy atom. The van der Waals surface area contributed by atoms with E-state index in [1.165, 1.54) is 12.1 Å². The largest absolute Gasteiger partial charge is 0.355 e. The third kappa shape index (κ3) is 4.14. The average molecular weight is 286 g/mol. The minimum Gasteiger partial charge on any atom is -0.355 e. The third-order valence-corrected chi connectivity index (χ3v) is 2.94. The molecule has 0 fully saturated rings. The van der Waals surface area contributed by atoms with Gasteiger partial charge < -0.3 is 10.6 Å². The molecule has 2 rings (SSSR count). The average Bonchev–Trinajstić information content (AvgIpc) is 2.49. The van der Waals surface area contributed by atoms with Crippen LogP contribution in [0.4, 0.5) is 10.1 Å². The van der Waals surface area contributed by atoms with Gasteiger partial charge in [-0.2, -0.15) is 0 Å². The maximum absolute atomic E-state index is 12.8. The van der Waals surface area contributed by atoms with E-state index in [9.17, 15) is 14.0 Å².